The molecule has 1 heterocycles. The third-order valence-corrected chi connectivity index (χ3v) is 3.84. The fourth-order valence-corrected chi connectivity index (χ4v) is 2.80. The van der Waals surface area contributed by atoms with Crippen molar-refractivity contribution in [1.29, 1.82) is 0 Å². The Labute approximate surface area is 113 Å². The number of alkyl halides is 1. The Kier molecular flexibility index (Phi) is 4.05. The topological polar surface area (TPSA) is 20.3 Å². The zero-order valence-corrected chi connectivity index (χ0v) is 11.5. The molecule has 0 spiro atoms. The number of likely N-dealkylation sites (tertiary alicyclic amines) is 1. The molecule has 92 valence electrons. The maximum Gasteiger partial charge on any atom is 0.258 e. The van der Waals surface area contributed by atoms with Gasteiger partial charge in [0.1, 0.15) is 5.82 Å². The molecule has 0 N–H and O–H groups in total. The van der Waals surface area contributed by atoms with Crippen molar-refractivity contribution in [3.8, 4) is 0 Å². The van der Waals surface area contributed by atoms with Crippen LogP contribution in [0.15, 0.2) is 22.7 Å². The lowest BCUT2D eigenvalue weighted by atomic mass is 10.1. The van der Waals surface area contributed by atoms with Crippen LogP contribution in [-0.4, -0.2) is 29.3 Å². The van der Waals surface area contributed by atoms with Gasteiger partial charge in [0.15, 0.2) is 0 Å². The highest BCUT2D eigenvalue weighted by Gasteiger charge is 2.26. The molecule has 0 aromatic heterocycles. The van der Waals surface area contributed by atoms with E-state index in [0.717, 1.165) is 12.8 Å². The Morgan fingerprint density at radius 1 is 1.53 bits per heavy atom. The van der Waals surface area contributed by atoms with E-state index < -0.39 is 5.82 Å². The summed E-state index contributed by atoms with van der Waals surface area (Å²) in [6.45, 7) is 1.13. The lowest BCUT2D eigenvalue weighted by Crippen LogP contribution is -2.40. The second-order valence-electron chi connectivity index (χ2n) is 4.09. The maximum atomic E-state index is 13.6. The van der Waals surface area contributed by atoms with Gasteiger partial charge in [-0.2, -0.15) is 0 Å². The average molecular weight is 321 g/mol. The lowest BCUT2D eigenvalue weighted by molar-refractivity contribution is 0.0721. The van der Waals surface area contributed by atoms with Crippen LogP contribution in [0.5, 0.6) is 0 Å². The number of hydrogen-bond donors (Lipinski definition) is 0. The van der Waals surface area contributed by atoms with Crippen LogP contribution in [0.1, 0.15) is 23.2 Å². The van der Waals surface area contributed by atoms with Gasteiger partial charge in [-0.05, 0) is 40.9 Å². The van der Waals surface area contributed by atoms with E-state index >= 15 is 0 Å². The van der Waals surface area contributed by atoms with Gasteiger partial charge in [0.25, 0.3) is 5.91 Å². The molecule has 1 atom stereocenters. The van der Waals surface area contributed by atoms with Crippen LogP contribution in [0.2, 0.25) is 0 Å². The number of carbonyl (C=O) groups is 1. The highest BCUT2D eigenvalue weighted by molar-refractivity contribution is 9.10. The van der Waals surface area contributed by atoms with Crippen LogP contribution in [0, 0.1) is 5.82 Å². The van der Waals surface area contributed by atoms with Crippen molar-refractivity contribution in [1.82, 2.24) is 4.90 Å². The minimum absolute atomic E-state index is 0.0294. The minimum atomic E-state index is -0.499. The SMILES string of the molecule is O=C(c1c(F)cccc1Br)N1CCCC(Cl)C1. The molecular weight excluding hydrogens is 308 g/mol. The van der Waals surface area contributed by atoms with E-state index in [0.29, 0.717) is 17.6 Å². The predicted molar refractivity (Wildman–Crippen MR) is 68.9 cm³/mol. The molecule has 2 rings (SSSR count). The third kappa shape index (κ3) is 2.80. The second-order valence-corrected chi connectivity index (χ2v) is 5.56. The number of benzene rings is 1. The summed E-state index contributed by atoms with van der Waals surface area (Å²) < 4.78 is 14.1. The van der Waals surface area contributed by atoms with E-state index in [1.165, 1.54) is 6.07 Å². The van der Waals surface area contributed by atoms with E-state index in [2.05, 4.69) is 15.9 Å². The summed E-state index contributed by atoms with van der Waals surface area (Å²) in [4.78, 5) is 13.8. The molecule has 1 aromatic rings. The van der Waals surface area contributed by atoms with Gasteiger partial charge in [0.2, 0.25) is 0 Å². The van der Waals surface area contributed by atoms with Crippen molar-refractivity contribution < 1.29 is 9.18 Å². The monoisotopic (exact) mass is 319 g/mol. The van der Waals surface area contributed by atoms with Gasteiger partial charge < -0.3 is 4.90 Å². The van der Waals surface area contributed by atoms with Crippen molar-refractivity contribution in [2.24, 2.45) is 0 Å². The van der Waals surface area contributed by atoms with Crippen molar-refractivity contribution in [3.63, 3.8) is 0 Å². The second kappa shape index (κ2) is 5.36. The van der Waals surface area contributed by atoms with Gasteiger partial charge in [-0.15, -0.1) is 11.6 Å². The van der Waals surface area contributed by atoms with Gasteiger partial charge >= 0.3 is 0 Å². The summed E-state index contributed by atoms with van der Waals surface area (Å²) in [5.41, 5.74) is 0.0956. The molecule has 1 fully saturated rings. The molecule has 1 unspecified atom stereocenters. The normalized spacial score (nSPS) is 20.4. The van der Waals surface area contributed by atoms with Crippen LogP contribution < -0.4 is 0 Å². The van der Waals surface area contributed by atoms with Crippen LogP contribution in [0.4, 0.5) is 4.39 Å². The smallest absolute Gasteiger partial charge is 0.258 e. The summed E-state index contributed by atoms with van der Waals surface area (Å²) in [6.07, 6.45) is 1.77. The number of halogens is 3. The fraction of sp³-hybridized carbons (Fsp3) is 0.417. The first-order chi connectivity index (χ1) is 8.09. The quantitative estimate of drug-likeness (QED) is 0.726. The molecule has 1 aromatic carbocycles. The van der Waals surface area contributed by atoms with Crippen molar-refractivity contribution >= 4 is 33.4 Å². The Morgan fingerprint density at radius 3 is 2.94 bits per heavy atom. The van der Waals surface area contributed by atoms with Crippen LogP contribution >= 0.6 is 27.5 Å². The van der Waals surface area contributed by atoms with Gasteiger partial charge in [-0.3, -0.25) is 4.79 Å². The third-order valence-electron chi connectivity index (χ3n) is 2.83. The summed E-state index contributed by atoms with van der Waals surface area (Å²) >= 11 is 9.23. The Morgan fingerprint density at radius 2 is 2.29 bits per heavy atom. The molecule has 2 nitrogen and oxygen atoms in total. The molecule has 1 saturated heterocycles. The summed E-state index contributed by atoms with van der Waals surface area (Å²) in [5.74, 6) is -0.790. The molecular formula is C12H12BrClFNO. The molecule has 1 amide bonds. The van der Waals surface area contributed by atoms with Crippen LogP contribution in [0.3, 0.4) is 0 Å². The first kappa shape index (κ1) is 12.8. The molecule has 0 bridgehead atoms. The van der Waals surface area contributed by atoms with E-state index in [4.69, 9.17) is 11.6 Å². The zero-order valence-electron chi connectivity index (χ0n) is 9.13. The number of rotatable bonds is 1. The number of nitrogens with zero attached hydrogens (tertiary/aromatic N) is 1. The summed E-state index contributed by atoms with van der Waals surface area (Å²) in [6, 6.07) is 4.52. The van der Waals surface area contributed by atoms with Gasteiger partial charge in [-0.25, -0.2) is 4.39 Å². The summed E-state index contributed by atoms with van der Waals surface area (Å²) in [5, 5.41) is -0.0294. The van der Waals surface area contributed by atoms with Crippen molar-refractivity contribution in [3.05, 3.63) is 34.1 Å². The Bertz CT molecular complexity index is 420. The lowest BCUT2D eigenvalue weighted by Gasteiger charge is -2.30. The van der Waals surface area contributed by atoms with Gasteiger partial charge in [-0.1, -0.05) is 6.07 Å². The number of piperidine rings is 1. The first-order valence-electron chi connectivity index (χ1n) is 5.47. The average Bonchev–Trinajstić information content (AvgIpc) is 2.28. The molecule has 17 heavy (non-hydrogen) atoms. The van der Waals surface area contributed by atoms with Gasteiger partial charge in [0, 0.05) is 17.6 Å². The highest BCUT2D eigenvalue weighted by Crippen LogP contribution is 2.24. The number of carbonyl (C=O) groups excluding carboxylic acids is 1. The van der Waals surface area contributed by atoms with Crippen LogP contribution in [0.25, 0.3) is 0 Å². The maximum absolute atomic E-state index is 13.6. The molecule has 1 aliphatic rings. The van der Waals surface area contributed by atoms with E-state index in [1.807, 2.05) is 0 Å². The van der Waals surface area contributed by atoms with Crippen LogP contribution in [-0.2, 0) is 0 Å². The van der Waals surface area contributed by atoms with Gasteiger partial charge in [0.05, 0.1) is 10.9 Å². The zero-order chi connectivity index (χ0) is 12.4. The van der Waals surface area contributed by atoms with Crippen molar-refractivity contribution in [2.75, 3.05) is 13.1 Å². The fourth-order valence-electron chi connectivity index (χ4n) is 1.97. The predicted octanol–water partition coefficient (Wildman–Crippen LogP) is 3.43. The highest BCUT2D eigenvalue weighted by atomic mass is 79.9. The largest absolute Gasteiger partial charge is 0.337 e. The Hall–Kier alpha value is -0.610. The van der Waals surface area contributed by atoms with E-state index in [-0.39, 0.29) is 16.8 Å². The minimum Gasteiger partial charge on any atom is -0.337 e. The molecule has 0 saturated carbocycles. The number of amides is 1. The van der Waals surface area contributed by atoms with E-state index in [9.17, 15) is 9.18 Å². The molecule has 1 aliphatic heterocycles. The molecule has 5 heteroatoms. The molecule has 0 radical (unpaired) electrons. The first-order valence-corrected chi connectivity index (χ1v) is 6.70. The van der Waals surface area contributed by atoms with Crippen molar-refractivity contribution in [2.45, 2.75) is 18.2 Å². The number of hydrogen-bond acceptors (Lipinski definition) is 1. The molecule has 0 aliphatic carbocycles. The van der Waals surface area contributed by atoms with E-state index in [1.54, 1.807) is 17.0 Å². The standard InChI is InChI=1S/C12H12BrClFNO/c13-9-4-1-5-10(15)11(9)12(17)16-6-2-3-8(14)7-16/h1,4-5,8H,2-3,6-7H2. The summed E-state index contributed by atoms with van der Waals surface area (Å²) in [7, 11) is 0. The Balaban J connectivity index is 2.24.